The molecule has 0 unspecified atom stereocenters. The first kappa shape index (κ1) is 20.5. The van der Waals surface area contributed by atoms with Gasteiger partial charge < -0.3 is 14.5 Å². The molecule has 1 aromatic rings. The van der Waals surface area contributed by atoms with Crippen molar-refractivity contribution >= 4 is 23.6 Å². The highest BCUT2D eigenvalue weighted by molar-refractivity contribution is 7.99. The molecule has 29 heavy (non-hydrogen) atoms. The van der Waals surface area contributed by atoms with Gasteiger partial charge in [-0.1, -0.05) is 13.0 Å². The molecule has 158 valence electrons. The van der Waals surface area contributed by atoms with Gasteiger partial charge in [-0.15, -0.1) is 0 Å². The van der Waals surface area contributed by atoms with Gasteiger partial charge in [-0.05, 0) is 24.7 Å². The van der Waals surface area contributed by atoms with Crippen molar-refractivity contribution in [1.82, 2.24) is 14.4 Å². The lowest BCUT2D eigenvalue weighted by Gasteiger charge is -2.47. The van der Waals surface area contributed by atoms with Crippen LogP contribution in [0.4, 0.5) is 0 Å². The normalized spacial score (nSPS) is 26.6. The van der Waals surface area contributed by atoms with E-state index in [9.17, 15) is 14.4 Å². The Balaban J connectivity index is 1.66. The number of fused-ring (bicyclic) bond motifs is 4. The average molecular weight is 420 g/mol. The fourth-order valence-corrected chi connectivity index (χ4v) is 5.45. The van der Waals surface area contributed by atoms with Crippen LogP contribution >= 0.6 is 11.8 Å². The predicted molar refractivity (Wildman–Crippen MR) is 112 cm³/mol. The van der Waals surface area contributed by atoms with Gasteiger partial charge in [0.25, 0.3) is 5.56 Å². The topological polar surface area (TPSA) is 71.9 Å². The maximum absolute atomic E-state index is 13.6. The van der Waals surface area contributed by atoms with Crippen molar-refractivity contribution in [3.63, 3.8) is 0 Å². The van der Waals surface area contributed by atoms with Gasteiger partial charge in [0.2, 0.25) is 11.8 Å². The number of hydrogen-bond acceptors (Lipinski definition) is 5. The van der Waals surface area contributed by atoms with Gasteiger partial charge in [0.1, 0.15) is 6.04 Å². The summed E-state index contributed by atoms with van der Waals surface area (Å²) < 4.78 is 7.22. The van der Waals surface area contributed by atoms with Crippen LogP contribution < -0.4 is 5.56 Å². The standard InChI is InChI=1S/C21H29N3O4S/c1-2-29-14-19(26)23-12-15-11-16(13-23)20(24-17(15)5-3-6-18(24)25)21(27)22-7-4-9-28-10-8-22/h3,5-6,15-16,20H,2,4,7-14H2,1H3/t15-,16+,20-/m1/s1. The van der Waals surface area contributed by atoms with E-state index < -0.39 is 6.04 Å². The second-order valence-corrected chi connectivity index (χ2v) is 9.30. The van der Waals surface area contributed by atoms with Gasteiger partial charge in [-0.25, -0.2) is 0 Å². The van der Waals surface area contributed by atoms with Crippen molar-refractivity contribution in [2.24, 2.45) is 5.92 Å². The summed E-state index contributed by atoms with van der Waals surface area (Å²) in [6.45, 7) is 5.61. The van der Waals surface area contributed by atoms with Crippen LogP contribution in [-0.2, 0) is 14.3 Å². The fraction of sp³-hybridized carbons (Fsp3) is 0.667. The minimum Gasteiger partial charge on any atom is -0.380 e. The highest BCUT2D eigenvalue weighted by Gasteiger charge is 2.45. The van der Waals surface area contributed by atoms with Gasteiger partial charge in [0, 0.05) is 56.4 Å². The first-order chi connectivity index (χ1) is 14.1. The van der Waals surface area contributed by atoms with Gasteiger partial charge in [0.15, 0.2) is 0 Å². The second kappa shape index (κ2) is 8.92. The lowest BCUT2D eigenvalue weighted by molar-refractivity contribution is -0.141. The second-order valence-electron chi connectivity index (χ2n) is 8.02. The zero-order valence-corrected chi connectivity index (χ0v) is 17.7. The number of amides is 2. The number of likely N-dealkylation sites (tertiary alicyclic amines) is 1. The van der Waals surface area contributed by atoms with E-state index in [0.29, 0.717) is 45.1 Å². The quantitative estimate of drug-likeness (QED) is 0.737. The molecular formula is C21H29N3O4S. The molecule has 8 heteroatoms. The van der Waals surface area contributed by atoms with Gasteiger partial charge in [0.05, 0.1) is 12.4 Å². The zero-order valence-electron chi connectivity index (χ0n) is 16.9. The molecule has 0 radical (unpaired) electrons. The van der Waals surface area contributed by atoms with Crippen molar-refractivity contribution < 1.29 is 14.3 Å². The Labute approximate surface area is 175 Å². The lowest BCUT2D eigenvalue weighted by atomic mass is 9.78. The van der Waals surface area contributed by atoms with Gasteiger partial charge >= 0.3 is 0 Å². The van der Waals surface area contributed by atoms with Crippen LogP contribution in [0.25, 0.3) is 0 Å². The number of thioether (sulfide) groups is 1. The summed E-state index contributed by atoms with van der Waals surface area (Å²) in [6, 6.07) is 4.71. The number of aromatic nitrogens is 1. The number of ether oxygens (including phenoxy) is 1. The molecule has 0 aromatic carbocycles. The summed E-state index contributed by atoms with van der Waals surface area (Å²) in [6.07, 6.45) is 1.65. The Kier molecular flexibility index (Phi) is 6.29. The third-order valence-electron chi connectivity index (χ3n) is 6.22. The Morgan fingerprint density at radius 3 is 2.86 bits per heavy atom. The number of piperidine rings is 1. The molecule has 4 heterocycles. The van der Waals surface area contributed by atoms with Crippen molar-refractivity contribution in [3.05, 3.63) is 34.2 Å². The fourth-order valence-electron chi connectivity index (χ4n) is 4.89. The maximum Gasteiger partial charge on any atom is 0.251 e. The van der Waals surface area contributed by atoms with Crippen LogP contribution in [0.15, 0.2) is 23.0 Å². The maximum atomic E-state index is 13.6. The number of rotatable bonds is 4. The molecule has 2 bridgehead atoms. The Bertz CT molecular complexity index is 818. The first-order valence-corrected chi connectivity index (χ1v) is 11.7. The molecular weight excluding hydrogens is 390 g/mol. The van der Waals surface area contributed by atoms with E-state index >= 15 is 0 Å². The Hall–Kier alpha value is -1.80. The molecule has 4 rings (SSSR count). The molecule has 3 aliphatic rings. The summed E-state index contributed by atoms with van der Waals surface area (Å²) >= 11 is 1.62. The van der Waals surface area contributed by atoms with Crippen LogP contribution in [-0.4, -0.2) is 77.1 Å². The monoisotopic (exact) mass is 419 g/mol. The van der Waals surface area contributed by atoms with Crippen molar-refractivity contribution in [2.45, 2.75) is 31.7 Å². The van der Waals surface area contributed by atoms with E-state index in [1.807, 2.05) is 22.8 Å². The van der Waals surface area contributed by atoms with Crippen LogP contribution in [0.3, 0.4) is 0 Å². The third kappa shape index (κ3) is 4.10. The van der Waals surface area contributed by atoms with Crippen LogP contribution in [0, 0.1) is 5.92 Å². The van der Waals surface area contributed by atoms with E-state index in [1.165, 1.54) is 6.07 Å². The molecule has 0 N–H and O–H groups in total. The summed E-state index contributed by atoms with van der Waals surface area (Å²) in [5.41, 5.74) is 0.766. The van der Waals surface area contributed by atoms with Crippen molar-refractivity contribution in [3.8, 4) is 0 Å². The van der Waals surface area contributed by atoms with Gasteiger partial charge in [-0.2, -0.15) is 11.8 Å². The van der Waals surface area contributed by atoms with E-state index in [0.717, 1.165) is 24.3 Å². The number of nitrogens with zero attached hydrogens (tertiary/aromatic N) is 3. The minimum atomic E-state index is -0.539. The van der Waals surface area contributed by atoms with Crippen LogP contribution in [0.1, 0.15) is 37.4 Å². The highest BCUT2D eigenvalue weighted by atomic mass is 32.2. The molecule has 2 amide bonds. The first-order valence-electron chi connectivity index (χ1n) is 10.5. The van der Waals surface area contributed by atoms with Crippen molar-refractivity contribution in [2.75, 3.05) is 50.9 Å². The van der Waals surface area contributed by atoms with E-state index in [4.69, 9.17) is 4.74 Å². The Morgan fingerprint density at radius 2 is 2.03 bits per heavy atom. The van der Waals surface area contributed by atoms with E-state index in [2.05, 4.69) is 0 Å². The average Bonchev–Trinajstić information content (AvgIpc) is 3.02. The number of pyridine rings is 1. The van der Waals surface area contributed by atoms with Crippen molar-refractivity contribution in [1.29, 1.82) is 0 Å². The minimum absolute atomic E-state index is 0.00858. The lowest BCUT2D eigenvalue weighted by Crippen LogP contribution is -2.55. The summed E-state index contributed by atoms with van der Waals surface area (Å²) in [5, 5.41) is 0. The summed E-state index contributed by atoms with van der Waals surface area (Å²) in [5.74, 6) is 1.57. The van der Waals surface area contributed by atoms with Crippen LogP contribution in [0.2, 0.25) is 0 Å². The zero-order chi connectivity index (χ0) is 20.4. The molecule has 2 saturated heterocycles. The summed E-state index contributed by atoms with van der Waals surface area (Å²) in [4.78, 5) is 42.8. The molecule has 3 aliphatic heterocycles. The molecule has 2 fully saturated rings. The van der Waals surface area contributed by atoms with Crippen LogP contribution in [0.5, 0.6) is 0 Å². The highest BCUT2D eigenvalue weighted by Crippen LogP contribution is 2.42. The molecule has 3 atom stereocenters. The third-order valence-corrected chi connectivity index (χ3v) is 7.08. The number of carbonyl (C=O) groups is 2. The smallest absolute Gasteiger partial charge is 0.251 e. The van der Waals surface area contributed by atoms with E-state index in [1.54, 1.807) is 22.4 Å². The van der Waals surface area contributed by atoms with E-state index in [-0.39, 0.29) is 29.2 Å². The molecule has 1 aromatic heterocycles. The largest absolute Gasteiger partial charge is 0.380 e. The molecule has 0 aliphatic carbocycles. The molecule has 0 spiro atoms. The predicted octanol–water partition coefficient (Wildman–Crippen LogP) is 1.34. The number of carbonyl (C=O) groups excluding carboxylic acids is 2. The number of hydrogen-bond donors (Lipinski definition) is 0. The SMILES string of the molecule is CCSCC(=O)N1C[C@H]2C[C@@H](C1)[C@H](C(=O)N1CCCOCC1)n1c2cccc1=O. The van der Waals surface area contributed by atoms with Gasteiger partial charge in [-0.3, -0.25) is 19.0 Å². The molecule has 0 saturated carbocycles. The molecule has 7 nitrogen and oxygen atoms in total. The summed E-state index contributed by atoms with van der Waals surface area (Å²) in [7, 11) is 0. The Morgan fingerprint density at radius 1 is 1.17 bits per heavy atom.